The SMILES string of the molecule is CC(C)[C@H](NC(=O)c1cccc(Br)c1)c1nc2ccccc2[nH]1. The molecule has 0 radical (unpaired) electrons. The Hall–Kier alpha value is -2.14. The van der Waals surface area contributed by atoms with Gasteiger partial charge in [-0.05, 0) is 36.2 Å². The molecule has 1 aromatic heterocycles. The van der Waals surface area contributed by atoms with Crippen LogP contribution in [0.2, 0.25) is 0 Å². The summed E-state index contributed by atoms with van der Waals surface area (Å²) in [6.45, 7) is 4.14. The maximum atomic E-state index is 12.5. The van der Waals surface area contributed by atoms with Crippen LogP contribution in [0.1, 0.15) is 36.1 Å². The first-order chi connectivity index (χ1) is 11.0. The molecular weight excluding hydrogens is 354 g/mol. The van der Waals surface area contributed by atoms with Crippen LogP contribution in [-0.4, -0.2) is 15.9 Å². The van der Waals surface area contributed by atoms with E-state index in [1.165, 1.54) is 0 Å². The van der Waals surface area contributed by atoms with Crippen LogP contribution in [0, 0.1) is 5.92 Å². The minimum absolute atomic E-state index is 0.106. The van der Waals surface area contributed by atoms with E-state index in [2.05, 4.69) is 45.1 Å². The molecule has 23 heavy (non-hydrogen) atoms. The molecule has 0 unspecified atom stereocenters. The van der Waals surface area contributed by atoms with E-state index in [-0.39, 0.29) is 17.9 Å². The van der Waals surface area contributed by atoms with Gasteiger partial charge in [-0.15, -0.1) is 0 Å². The van der Waals surface area contributed by atoms with Crippen molar-refractivity contribution in [3.63, 3.8) is 0 Å². The molecule has 0 aliphatic rings. The molecule has 118 valence electrons. The summed E-state index contributed by atoms with van der Waals surface area (Å²) in [6.07, 6.45) is 0. The largest absolute Gasteiger partial charge is 0.342 e. The minimum Gasteiger partial charge on any atom is -0.342 e. The zero-order chi connectivity index (χ0) is 16.4. The highest BCUT2D eigenvalue weighted by Crippen LogP contribution is 2.23. The van der Waals surface area contributed by atoms with Crippen molar-refractivity contribution in [2.24, 2.45) is 5.92 Å². The second-order valence-electron chi connectivity index (χ2n) is 5.84. The number of benzene rings is 2. The molecular formula is C18H18BrN3O. The zero-order valence-corrected chi connectivity index (χ0v) is 14.6. The first kappa shape index (κ1) is 15.7. The molecule has 0 aliphatic carbocycles. The van der Waals surface area contributed by atoms with Gasteiger partial charge in [0.05, 0.1) is 17.1 Å². The Morgan fingerprint density at radius 2 is 1.96 bits per heavy atom. The molecule has 1 heterocycles. The van der Waals surface area contributed by atoms with Crippen LogP contribution >= 0.6 is 15.9 Å². The summed E-state index contributed by atoms with van der Waals surface area (Å²) in [4.78, 5) is 20.5. The number of hydrogen-bond acceptors (Lipinski definition) is 2. The molecule has 2 aromatic carbocycles. The monoisotopic (exact) mass is 371 g/mol. The number of para-hydroxylation sites is 2. The Labute approximate surface area is 143 Å². The van der Waals surface area contributed by atoms with Gasteiger partial charge in [0.25, 0.3) is 5.91 Å². The Bertz CT molecular complexity index is 808. The lowest BCUT2D eigenvalue weighted by Crippen LogP contribution is -2.32. The highest BCUT2D eigenvalue weighted by atomic mass is 79.9. The molecule has 0 saturated heterocycles. The third-order valence-corrected chi connectivity index (χ3v) is 4.24. The number of carbonyl (C=O) groups is 1. The van der Waals surface area contributed by atoms with Crippen LogP contribution in [0.4, 0.5) is 0 Å². The number of fused-ring (bicyclic) bond motifs is 1. The average Bonchev–Trinajstić information content (AvgIpc) is 2.95. The van der Waals surface area contributed by atoms with Crippen molar-refractivity contribution < 1.29 is 4.79 Å². The molecule has 1 amide bonds. The Balaban J connectivity index is 1.88. The third-order valence-electron chi connectivity index (χ3n) is 3.74. The molecule has 3 aromatic rings. The van der Waals surface area contributed by atoms with Gasteiger partial charge >= 0.3 is 0 Å². The third kappa shape index (κ3) is 3.45. The standard InChI is InChI=1S/C18H18BrN3O/c1-11(2)16(17-20-14-8-3-4-9-15(14)21-17)22-18(23)12-6-5-7-13(19)10-12/h3-11,16H,1-2H3,(H,20,21)(H,22,23)/t16-/m0/s1. The number of aromatic amines is 1. The van der Waals surface area contributed by atoms with Gasteiger partial charge < -0.3 is 10.3 Å². The van der Waals surface area contributed by atoms with Gasteiger partial charge in [0.15, 0.2) is 0 Å². The van der Waals surface area contributed by atoms with Crippen LogP contribution in [0.3, 0.4) is 0 Å². The number of carbonyl (C=O) groups excluding carboxylic acids is 1. The number of halogens is 1. The quantitative estimate of drug-likeness (QED) is 0.711. The zero-order valence-electron chi connectivity index (χ0n) is 13.0. The van der Waals surface area contributed by atoms with E-state index in [0.29, 0.717) is 5.56 Å². The summed E-state index contributed by atoms with van der Waals surface area (Å²) < 4.78 is 0.884. The predicted molar refractivity (Wildman–Crippen MR) is 95.3 cm³/mol. The van der Waals surface area contributed by atoms with Crippen LogP contribution < -0.4 is 5.32 Å². The summed E-state index contributed by atoms with van der Waals surface area (Å²) in [7, 11) is 0. The first-order valence-electron chi connectivity index (χ1n) is 7.55. The van der Waals surface area contributed by atoms with E-state index in [1.54, 1.807) is 6.07 Å². The summed E-state index contributed by atoms with van der Waals surface area (Å²) >= 11 is 3.40. The maximum Gasteiger partial charge on any atom is 0.251 e. The van der Waals surface area contributed by atoms with Crippen molar-refractivity contribution in [1.82, 2.24) is 15.3 Å². The summed E-state index contributed by atoms with van der Waals surface area (Å²) in [5.41, 5.74) is 2.51. The molecule has 3 rings (SSSR count). The van der Waals surface area contributed by atoms with Crippen molar-refractivity contribution in [1.29, 1.82) is 0 Å². The summed E-state index contributed by atoms with van der Waals surface area (Å²) in [5.74, 6) is 0.890. The fourth-order valence-corrected chi connectivity index (χ4v) is 2.92. The predicted octanol–water partition coefficient (Wildman–Crippen LogP) is 4.45. The Kier molecular flexibility index (Phi) is 4.48. The Morgan fingerprint density at radius 3 is 2.65 bits per heavy atom. The fourth-order valence-electron chi connectivity index (χ4n) is 2.52. The number of rotatable bonds is 4. The van der Waals surface area contributed by atoms with Crippen LogP contribution in [0.15, 0.2) is 53.0 Å². The number of nitrogens with one attached hydrogen (secondary N) is 2. The molecule has 2 N–H and O–H groups in total. The minimum atomic E-state index is -0.172. The van der Waals surface area contributed by atoms with Gasteiger partial charge in [-0.2, -0.15) is 0 Å². The van der Waals surface area contributed by atoms with Crippen molar-refractivity contribution in [2.45, 2.75) is 19.9 Å². The second-order valence-corrected chi connectivity index (χ2v) is 6.76. The molecule has 1 atom stereocenters. The number of H-pyrrole nitrogens is 1. The van der Waals surface area contributed by atoms with E-state index >= 15 is 0 Å². The highest BCUT2D eigenvalue weighted by molar-refractivity contribution is 9.10. The number of imidazole rings is 1. The van der Waals surface area contributed by atoms with Gasteiger partial charge in [-0.25, -0.2) is 4.98 Å². The number of amides is 1. The van der Waals surface area contributed by atoms with Crippen molar-refractivity contribution in [2.75, 3.05) is 0 Å². The number of hydrogen-bond donors (Lipinski definition) is 2. The maximum absolute atomic E-state index is 12.5. The molecule has 0 bridgehead atoms. The Morgan fingerprint density at radius 1 is 1.17 bits per heavy atom. The molecule has 0 spiro atoms. The number of nitrogens with zero attached hydrogens (tertiary/aromatic N) is 1. The van der Waals surface area contributed by atoms with Gasteiger partial charge in [-0.1, -0.05) is 48.0 Å². The first-order valence-corrected chi connectivity index (χ1v) is 8.35. The smallest absolute Gasteiger partial charge is 0.251 e. The summed E-state index contributed by atoms with van der Waals surface area (Å²) in [6, 6.07) is 15.1. The highest BCUT2D eigenvalue weighted by Gasteiger charge is 2.22. The van der Waals surface area contributed by atoms with Crippen LogP contribution in [0.25, 0.3) is 11.0 Å². The van der Waals surface area contributed by atoms with Gasteiger partial charge in [-0.3, -0.25) is 4.79 Å². The van der Waals surface area contributed by atoms with Gasteiger partial charge in [0.2, 0.25) is 0 Å². The molecule has 0 fully saturated rings. The lowest BCUT2D eigenvalue weighted by Gasteiger charge is -2.20. The van der Waals surface area contributed by atoms with Crippen molar-refractivity contribution in [3.05, 3.63) is 64.4 Å². The van der Waals surface area contributed by atoms with E-state index in [0.717, 1.165) is 21.3 Å². The topological polar surface area (TPSA) is 57.8 Å². The molecule has 0 saturated carbocycles. The molecule has 5 heteroatoms. The van der Waals surface area contributed by atoms with Crippen molar-refractivity contribution >= 4 is 32.9 Å². The van der Waals surface area contributed by atoms with E-state index in [1.807, 2.05) is 42.5 Å². The molecule has 0 aliphatic heterocycles. The van der Waals surface area contributed by atoms with E-state index < -0.39 is 0 Å². The number of aromatic nitrogens is 2. The van der Waals surface area contributed by atoms with Gasteiger partial charge in [0.1, 0.15) is 5.82 Å². The van der Waals surface area contributed by atoms with Gasteiger partial charge in [0, 0.05) is 10.0 Å². The van der Waals surface area contributed by atoms with Crippen molar-refractivity contribution in [3.8, 4) is 0 Å². The van der Waals surface area contributed by atoms with E-state index in [4.69, 9.17) is 0 Å². The lowest BCUT2D eigenvalue weighted by atomic mass is 10.0. The van der Waals surface area contributed by atoms with Crippen LogP contribution in [-0.2, 0) is 0 Å². The second kappa shape index (κ2) is 6.54. The van der Waals surface area contributed by atoms with E-state index in [9.17, 15) is 4.79 Å². The van der Waals surface area contributed by atoms with Crippen LogP contribution in [0.5, 0.6) is 0 Å². The fraction of sp³-hybridized carbons (Fsp3) is 0.222. The average molecular weight is 372 g/mol. The summed E-state index contributed by atoms with van der Waals surface area (Å²) in [5, 5.41) is 3.08. The normalized spacial score (nSPS) is 12.5. The molecule has 4 nitrogen and oxygen atoms in total. The lowest BCUT2D eigenvalue weighted by molar-refractivity contribution is 0.0923.